The van der Waals surface area contributed by atoms with Crippen LogP contribution >= 0.6 is 0 Å². The van der Waals surface area contributed by atoms with Crippen molar-refractivity contribution in [3.05, 3.63) is 101 Å². The third-order valence-corrected chi connectivity index (χ3v) is 5.34. The smallest absolute Gasteiger partial charge is 0.277 e. The van der Waals surface area contributed by atoms with E-state index in [1.165, 1.54) is 5.56 Å². The number of anilines is 1. The number of nitrogens with zero attached hydrogens (tertiary/aromatic N) is 2. The molecule has 1 amide bonds. The minimum Gasteiger partial charge on any atom is -0.508 e. The molecule has 0 spiro atoms. The number of nitrogens with one attached hydrogen (secondary N) is 1. The highest BCUT2D eigenvalue weighted by Crippen LogP contribution is 2.45. The molecule has 1 atom stereocenters. The molecular formula is C24H19N3O2. The van der Waals surface area contributed by atoms with Crippen molar-refractivity contribution in [3.8, 4) is 17.0 Å². The largest absolute Gasteiger partial charge is 0.508 e. The second-order valence-electron chi connectivity index (χ2n) is 7.23. The minimum absolute atomic E-state index is 0.134. The first-order chi connectivity index (χ1) is 14.1. The van der Waals surface area contributed by atoms with E-state index in [0.29, 0.717) is 5.69 Å². The molecule has 1 aliphatic heterocycles. The number of rotatable bonds is 3. The first-order valence-corrected chi connectivity index (χ1v) is 9.46. The molecule has 0 aliphatic carbocycles. The van der Waals surface area contributed by atoms with E-state index in [1.54, 1.807) is 29.2 Å². The average molecular weight is 381 g/mol. The zero-order valence-electron chi connectivity index (χ0n) is 15.8. The Balaban J connectivity index is 1.71. The quantitative estimate of drug-likeness (QED) is 0.533. The Morgan fingerprint density at radius 1 is 0.931 bits per heavy atom. The number of benzene rings is 3. The molecule has 2 heterocycles. The molecule has 4 aromatic rings. The van der Waals surface area contributed by atoms with E-state index in [0.717, 1.165) is 28.1 Å². The van der Waals surface area contributed by atoms with Crippen molar-refractivity contribution in [1.82, 2.24) is 10.2 Å². The predicted octanol–water partition coefficient (Wildman–Crippen LogP) is 4.84. The highest BCUT2D eigenvalue weighted by molar-refractivity contribution is 6.11. The van der Waals surface area contributed by atoms with Crippen molar-refractivity contribution in [3.63, 3.8) is 0 Å². The van der Waals surface area contributed by atoms with E-state index < -0.39 is 0 Å². The van der Waals surface area contributed by atoms with Gasteiger partial charge in [-0.2, -0.15) is 5.10 Å². The summed E-state index contributed by atoms with van der Waals surface area (Å²) >= 11 is 0. The SMILES string of the molecule is Cc1ccc(-c2n[nH]c3c2[C@H](c2ccccc2)N(c2ccc(O)cc2)C3=O)cc1. The van der Waals surface area contributed by atoms with Crippen molar-refractivity contribution >= 4 is 11.6 Å². The van der Waals surface area contributed by atoms with Crippen molar-refractivity contribution in [1.29, 1.82) is 0 Å². The number of phenolic OH excluding ortho intramolecular Hbond substituents is 1. The number of hydrogen-bond donors (Lipinski definition) is 2. The Labute approximate surface area is 168 Å². The Hall–Kier alpha value is -3.86. The van der Waals surface area contributed by atoms with Gasteiger partial charge >= 0.3 is 0 Å². The Morgan fingerprint density at radius 3 is 2.31 bits per heavy atom. The van der Waals surface area contributed by atoms with Crippen LogP contribution < -0.4 is 4.90 Å². The van der Waals surface area contributed by atoms with Crippen LogP contribution in [0.15, 0.2) is 78.9 Å². The normalized spacial score (nSPS) is 15.6. The van der Waals surface area contributed by atoms with E-state index in [-0.39, 0.29) is 17.7 Å². The van der Waals surface area contributed by atoms with Gasteiger partial charge in [0.2, 0.25) is 0 Å². The number of carbonyl (C=O) groups excluding carboxylic acids is 1. The van der Waals surface area contributed by atoms with Gasteiger partial charge in [-0.05, 0) is 36.8 Å². The van der Waals surface area contributed by atoms with E-state index >= 15 is 0 Å². The Bertz CT molecular complexity index is 1180. The van der Waals surface area contributed by atoms with Gasteiger partial charge in [0.15, 0.2) is 0 Å². The maximum atomic E-state index is 13.4. The fourth-order valence-corrected chi connectivity index (χ4v) is 3.91. The molecule has 0 unspecified atom stereocenters. The summed E-state index contributed by atoms with van der Waals surface area (Å²) in [7, 11) is 0. The minimum atomic E-state index is -0.307. The molecule has 1 aliphatic rings. The Kier molecular flexibility index (Phi) is 3.95. The van der Waals surface area contributed by atoms with E-state index in [9.17, 15) is 9.90 Å². The number of amides is 1. The molecule has 0 saturated carbocycles. The van der Waals surface area contributed by atoms with Gasteiger partial charge in [-0.15, -0.1) is 0 Å². The van der Waals surface area contributed by atoms with Gasteiger partial charge in [0, 0.05) is 16.8 Å². The second-order valence-corrected chi connectivity index (χ2v) is 7.23. The lowest BCUT2D eigenvalue weighted by molar-refractivity contribution is 0.0988. The Morgan fingerprint density at radius 2 is 1.62 bits per heavy atom. The second kappa shape index (κ2) is 6.63. The molecule has 5 nitrogen and oxygen atoms in total. The van der Waals surface area contributed by atoms with Crippen LogP contribution in [0.4, 0.5) is 5.69 Å². The number of carbonyl (C=O) groups is 1. The number of aryl methyl sites for hydroxylation is 1. The molecule has 2 N–H and O–H groups in total. The maximum absolute atomic E-state index is 13.4. The fraction of sp³-hybridized carbons (Fsp3) is 0.0833. The first-order valence-electron chi connectivity index (χ1n) is 9.46. The molecule has 5 heteroatoms. The van der Waals surface area contributed by atoms with Gasteiger partial charge in [0.05, 0.1) is 11.7 Å². The van der Waals surface area contributed by atoms with Crippen LogP contribution in [-0.4, -0.2) is 21.2 Å². The van der Waals surface area contributed by atoms with E-state index in [2.05, 4.69) is 10.2 Å². The molecule has 29 heavy (non-hydrogen) atoms. The van der Waals surface area contributed by atoms with Gasteiger partial charge in [-0.1, -0.05) is 60.2 Å². The van der Waals surface area contributed by atoms with E-state index in [4.69, 9.17) is 0 Å². The van der Waals surface area contributed by atoms with Gasteiger partial charge < -0.3 is 5.11 Å². The molecular weight excluding hydrogens is 362 g/mol. The number of hydrogen-bond acceptors (Lipinski definition) is 3. The van der Waals surface area contributed by atoms with Crippen LogP contribution in [0.25, 0.3) is 11.3 Å². The third kappa shape index (κ3) is 2.79. The van der Waals surface area contributed by atoms with E-state index in [1.807, 2.05) is 61.5 Å². The summed E-state index contributed by atoms with van der Waals surface area (Å²) in [5.41, 5.74) is 6.02. The summed E-state index contributed by atoms with van der Waals surface area (Å²) < 4.78 is 0. The summed E-state index contributed by atoms with van der Waals surface area (Å²) in [5, 5.41) is 17.1. The van der Waals surface area contributed by atoms with Crippen LogP contribution in [0.3, 0.4) is 0 Å². The lowest BCUT2D eigenvalue weighted by atomic mass is 9.95. The highest BCUT2D eigenvalue weighted by atomic mass is 16.3. The van der Waals surface area contributed by atoms with Crippen LogP contribution in [-0.2, 0) is 0 Å². The zero-order chi connectivity index (χ0) is 20.0. The lowest BCUT2D eigenvalue weighted by Crippen LogP contribution is -2.29. The molecule has 0 saturated heterocycles. The van der Waals surface area contributed by atoms with Crippen LogP contribution in [0, 0.1) is 6.92 Å². The van der Waals surface area contributed by atoms with Crippen molar-refractivity contribution in [2.75, 3.05) is 4.90 Å². The predicted molar refractivity (Wildman–Crippen MR) is 112 cm³/mol. The topological polar surface area (TPSA) is 69.2 Å². The molecule has 0 bridgehead atoms. The molecule has 5 rings (SSSR count). The van der Waals surface area contributed by atoms with Crippen LogP contribution in [0.1, 0.15) is 33.2 Å². The maximum Gasteiger partial charge on any atom is 0.277 e. The molecule has 0 fully saturated rings. The summed E-state index contributed by atoms with van der Waals surface area (Å²) in [5.74, 6) is 0.0302. The summed E-state index contributed by atoms with van der Waals surface area (Å²) in [6.45, 7) is 2.04. The van der Waals surface area contributed by atoms with Crippen LogP contribution in [0.5, 0.6) is 5.75 Å². The average Bonchev–Trinajstić information content (AvgIpc) is 3.29. The molecule has 0 radical (unpaired) electrons. The van der Waals surface area contributed by atoms with Crippen LogP contribution in [0.2, 0.25) is 0 Å². The van der Waals surface area contributed by atoms with Gasteiger partial charge in [-0.3, -0.25) is 14.8 Å². The summed E-state index contributed by atoms with van der Waals surface area (Å²) in [6, 6.07) is 24.5. The van der Waals surface area contributed by atoms with Crippen molar-refractivity contribution < 1.29 is 9.90 Å². The number of H-pyrrole nitrogens is 1. The van der Waals surface area contributed by atoms with Gasteiger partial charge in [-0.25, -0.2) is 0 Å². The standard InChI is InChI=1S/C24H19N3O2/c1-15-7-9-16(10-8-15)21-20-22(26-25-21)24(29)27(18-11-13-19(28)14-12-18)23(20)17-5-3-2-4-6-17/h2-14,23,28H,1H3,(H,25,26)/t23-/m0/s1. The zero-order valence-corrected chi connectivity index (χ0v) is 15.8. The third-order valence-electron chi connectivity index (χ3n) is 5.34. The number of phenols is 1. The molecule has 1 aromatic heterocycles. The van der Waals surface area contributed by atoms with Crippen molar-refractivity contribution in [2.45, 2.75) is 13.0 Å². The fourth-order valence-electron chi connectivity index (χ4n) is 3.91. The first kappa shape index (κ1) is 17.3. The van der Waals surface area contributed by atoms with Crippen molar-refractivity contribution in [2.24, 2.45) is 0 Å². The number of aromatic amines is 1. The summed E-state index contributed by atoms with van der Waals surface area (Å²) in [6.07, 6.45) is 0. The van der Waals surface area contributed by atoms with Gasteiger partial charge in [0.1, 0.15) is 11.4 Å². The van der Waals surface area contributed by atoms with Gasteiger partial charge in [0.25, 0.3) is 5.91 Å². The lowest BCUT2D eigenvalue weighted by Gasteiger charge is -2.26. The number of aromatic nitrogens is 2. The number of aromatic hydroxyl groups is 1. The monoisotopic (exact) mass is 381 g/mol. The molecule has 142 valence electrons. The highest BCUT2D eigenvalue weighted by Gasteiger charge is 2.42. The molecule has 3 aromatic carbocycles. The summed E-state index contributed by atoms with van der Waals surface area (Å²) in [4.78, 5) is 15.1. The number of fused-ring (bicyclic) bond motifs is 1.